The quantitative estimate of drug-likeness (QED) is 0.750. The van der Waals surface area contributed by atoms with Crippen LogP contribution in [0.15, 0.2) is 48.5 Å². The van der Waals surface area contributed by atoms with Crippen molar-refractivity contribution in [3.05, 3.63) is 54.3 Å². The summed E-state index contributed by atoms with van der Waals surface area (Å²) in [6.45, 7) is 4.45. The molecule has 0 bridgehead atoms. The number of amides is 2. The lowest BCUT2D eigenvalue weighted by molar-refractivity contribution is -0.131. The standard InChI is InChI=1S/C22H26FN3O3/c1-17(27)26(20-7-9-21(29-2)10-8-20)12-11-22(28)25-15-13-24(14-16-25)19-5-3-18(23)4-6-19/h3-10H,11-16H2,1-2H3. The first-order chi connectivity index (χ1) is 14.0. The summed E-state index contributed by atoms with van der Waals surface area (Å²) in [4.78, 5) is 30.3. The van der Waals surface area contributed by atoms with Crippen molar-refractivity contribution < 1.29 is 18.7 Å². The highest BCUT2D eigenvalue weighted by Gasteiger charge is 2.22. The lowest BCUT2D eigenvalue weighted by atomic mass is 10.2. The van der Waals surface area contributed by atoms with Crippen molar-refractivity contribution in [3.8, 4) is 5.75 Å². The largest absolute Gasteiger partial charge is 0.497 e. The number of ether oxygens (including phenoxy) is 1. The van der Waals surface area contributed by atoms with Gasteiger partial charge in [-0.2, -0.15) is 0 Å². The molecule has 0 N–H and O–H groups in total. The zero-order valence-corrected chi connectivity index (χ0v) is 16.8. The molecule has 3 rings (SSSR count). The van der Waals surface area contributed by atoms with Crippen LogP contribution in [-0.4, -0.2) is 56.5 Å². The van der Waals surface area contributed by atoms with Gasteiger partial charge in [-0.3, -0.25) is 9.59 Å². The third-order valence-electron chi connectivity index (χ3n) is 5.14. The van der Waals surface area contributed by atoms with E-state index in [9.17, 15) is 14.0 Å². The van der Waals surface area contributed by atoms with Crippen molar-refractivity contribution in [2.45, 2.75) is 13.3 Å². The van der Waals surface area contributed by atoms with Gasteiger partial charge in [0.25, 0.3) is 0 Å². The summed E-state index contributed by atoms with van der Waals surface area (Å²) in [7, 11) is 1.59. The van der Waals surface area contributed by atoms with Crippen molar-refractivity contribution in [2.75, 3.05) is 49.6 Å². The maximum absolute atomic E-state index is 13.1. The molecule has 0 spiro atoms. The molecule has 1 heterocycles. The van der Waals surface area contributed by atoms with Gasteiger partial charge in [0, 0.05) is 57.4 Å². The summed E-state index contributed by atoms with van der Waals surface area (Å²) >= 11 is 0. The number of rotatable bonds is 6. The Morgan fingerprint density at radius 2 is 1.62 bits per heavy atom. The van der Waals surface area contributed by atoms with Gasteiger partial charge in [-0.05, 0) is 48.5 Å². The number of halogens is 1. The first-order valence-electron chi connectivity index (χ1n) is 9.68. The van der Waals surface area contributed by atoms with Gasteiger partial charge in [0.05, 0.1) is 7.11 Å². The molecule has 2 aromatic carbocycles. The minimum atomic E-state index is -0.255. The highest BCUT2D eigenvalue weighted by atomic mass is 19.1. The average molecular weight is 399 g/mol. The first-order valence-corrected chi connectivity index (χ1v) is 9.68. The number of carbonyl (C=O) groups excluding carboxylic acids is 2. The summed E-state index contributed by atoms with van der Waals surface area (Å²) in [6, 6.07) is 13.6. The molecule has 29 heavy (non-hydrogen) atoms. The zero-order chi connectivity index (χ0) is 20.8. The van der Waals surface area contributed by atoms with Crippen LogP contribution in [0.5, 0.6) is 5.75 Å². The van der Waals surface area contributed by atoms with E-state index in [1.165, 1.54) is 19.1 Å². The Bertz CT molecular complexity index is 831. The monoisotopic (exact) mass is 399 g/mol. The van der Waals surface area contributed by atoms with Crippen LogP contribution in [0.3, 0.4) is 0 Å². The van der Waals surface area contributed by atoms with Crippen LogP contribution in [0.25, 0.3) is 0 Å². The van der Waals surface area contributed by atoms with Crippen LogP contribution >= 0.6 is 0 Å². The van der Waals surface area contributed by atoms with E-state index in [0.29, 0.717) is 38.5 Å². The second kappa shape index (κ2) is 9.41. The second-order valence-electron chi connectivity index (χ2n) is 6.96. The van der Waals surface area contributed by atoms with Crippen molar-refractivity contribution in [3.63, 3.8) is 0 Å². The van der Waals surface area contributed by atoms with Crippen molar-refractivity contribution in [1.82, 2.24) is 4.90 Å². The summed E-state index contributed by atoms with van der Waals surface area (Å²) in [5, 5.41) is 0. The highest BCUT2D eigenvalue weighted by Crippen LogP contribution is 2.21. The van der Waals surface area contributed by atoms with Crippen LogP contribution in [0.1, 0.15) is 13.3 Å². The van der Waals surface area contributed by atoms with E-state index < -0.39 is 0 Å². The van der Waals surface area contributed by atoms with Gasteiger partial charge in [0.2, 0.25) is 11.8 Å². The van der Waals surface area contributed by atoms with Crippen LogP contribution in [0, 0.1) is 5.82 Å². The smallest absolute Gasteiger partial charge is 0.224 e. The molecule has 1 saturated heterocycles. The van der Waals surface area contributed by atoms with Crippen LogP contribution < -0.4 is 14.5 Å². The molecule has 154 valence electrons. The molecule has 1 aliphatic rings. The number of methoxy groups -OCH3 is 1. The number of nitrogens with zero attached hydrogens (tertiary/aromatic N) is 3. The molecule has 1 fully saturated rings. The van der Waals surface area contributed by atoms with Gasteiger partial charge in [-0.15, -0.1) is 0 Å². The zero-order valence-electron chi connectivity index (χ0n) is 16.8. The number of piperazine rings is 1. The summed E-state index contributed by atoms with van der Waals surface area (Å²) in [5.74, 6) is 0.384. The predicted molar refractivity (Wildman–Crippen MR) is 111 cm³/mol. The molecule has 2 amide bonds. The van der Waals surface area contributed by atoms with E-state index >= 15 is 0 Å². The van der Waals surface area contributed by atoms with E-state index in [-0.39, 0.29) is 24.1 Å². The topological polar surface area (TPSA) is 53.1 Å². The fourth-order valence-corrected chi connectivity index (χ4v) is 3.46. The molecule has 7 heteroatoms. The Balaban J connectivity index is 1.52. The molecule has 0 unspecified atom stereocenters. The number of carbonyl (C=O) groups is 2. The van der Waals surface area contributed by atoms with Gasteiger partial charge in [-0.1, -0.05) is 0 Å². The molecule has 0 aliphatic carbocycles. The predicted octanol–water partition coefficient (Wildman–Crippen LogP) is 2.93. The molecule has 6 nitrogen and oxygen atoms in total. The molecular weight excluding hydrogens is 373 g/mol. The highest BCUT2D eigenvalue weighted by molar-refractivity contribution is 5.92. The molecule has 0 radical (unpaired) electrons. The third kappa shape index (κ3) is 5.25. The summed E-state index contributed by atoms with van der Waals surface area (Å²) < 4.78 is 18.2. The van der Waals surface area contributed by atoms with E-state index in [2.05, 4.69) is 4.90 Å². The Hall–Kier alpha value is -3.09. The second-order valence-corrected chi connectivity index (χ2v) is 6.96. The average Bonchev–Trinajstić information content (AvgIpc) is 2.74. The maximum Gasteiger partial charge on any atom is 0.224 e. The van der Waals surface area contributed by atoms with Crippen molar-refractivity contribution in [1.29, 1.82) is 0 Å². The fraction of sp³-hybridized carbons (Fsp3) is 0.364. The van der Waals surface area contributed by atoms with E-state index in [4.69, 9.17) is 4.74 Å². The van der Waals surface area contributed by atoms with Crippen LogP contribution in [0.4, 0.5) is 15.8 Å². The number of hydrogen-bond donors (Lipinski definition) is 0. The van der Waals surface area contributed by atoms with Crippen LogP contribution in [-0.2, 0) is 9.59 Å². The van der Waals surface area contributed by atoms with Crippen LogP contribution in [0.2, 0.25) is 0 Å². The minimum absolute atomic E-state index is 0.0310. The Labute approximate surface area is 170 Å². The number of hydrogen-bond acceptors (Lipinski definition) is 4. The molecule has 0 saturated carbocycles. The molecular formula is C22H26FN3O3. The molecule has 1 aliphatic heterocycles. The molecule has 2 aromatic rings. The van der Waals surface area contributed by atoms with E-state index in [1.54, 1.807) is 36.3 Å². The minimum Gasteiger partial charge on any atom is -0.497 e. The summed E-state index contributed by atoms with van der Waals surface area (Å²) in [6.07, 6.45) is 0.266. The van der Waals surface area contributed by atoms with Gasteiger partial charge >= 0.3 is 0 Å². The lowest BCUT2D eigenvalue weighted by Crippen LogP contribution is -2.49. The van der Waals surface area contributed by atoms with E-state index in [0.717, 1.165) is 11.4 Å². The Kier molecular flexibility index (Phi) is 6.69. The molecule has 0 atom stereocenters. The Morgan fingerprint density at radius 1 is 1.00 bits per heavy atom. The fourth-order valence-electron chi connectivity index (χ4n) is 3.46. The molecule has 0 aromatic heterocycles. The Morgan fingerprint density at radius 3 is 2.17 bits per heavy atom. The normalized spacial score (nSPS) is 13.9. The lowest BCUT2D eigenvalue weighted by Gasteiger charge is -2.36. The maximum atomic E-state index is 13.1. The summed E-state index contributed by atoms with van der Waals surface area (Å²) in [5.41, 5.74) is 1.70. The van der Waals surface area contributed by atoms with Crippen molar-refractivity contribution >= 4 is 23.2 Å². The van der Waals surface area contributed by atoms with Gasteiger partial charge in [0.1, 0.15) is 11.6 Å². The van der Waals surface area contributed by atoms with Gasteiger partial charge in [-0.25, -0.2) is 4.39 Å². The number of anilines is 2. The number of benzene rings is 2. The van der Waals surface area contributed by atoms with Gasteiger partial charge < -0.3 is 19.4 Å². The van der Waals surface area contributed by atoms with Gasteiger partial charge in [0.15, 0.2) is 0 Å². The third-order valence-corrected chi connectivity index (χ3v) is 5.14. The van der Waals surface area contributed by atoms with Crippen molar-refractivity contribution in [2.24, 2.45) is 0 Å². The first kappa shape index (κ1) is 20.6. The van der Waals surface area contributed by atoms with E-state index in [1.807, 2.05) is 17.0 Å². The SMILES string of the molecule is COc1ccc(N(CCC(=O)N2CCN(c3ccc(F)cc3)CC2)C(C)=O)cc1.